The van der Waals surface area contributed by atoms with Crippen LogP contribution in [0.1, 0.15) is 19.3 Å². The number of hydrogen-bond acceptors (Lipinski definition) is 4. The molecule has 0 saturated carbocycles. The number of ether oxygens (including phenoxy) is 2. The Labute approximate surface area is 138 Å². The van der Waals surface area contributed by atoms with Gasteiger partial charge in [-0.2, -0.15) is 0 Å². The number of nitrogens with one attached hydrogen (secondary N) is 1. The zero-order chi connectivity index (χ0) is 15.0. The van der Waals surface area contributed by atoms with Crippen molar-refractivity contribution in [2.45, 2.75) is 19.3 Å². The number of hydrogen-bond donors (Lipinski definition) is 2. The van der Waals surface area contributed by atoms with Crippen LogP contribution in [0.5, 0.6) is 5.75 Å². The van der Waals surface area contributed by atoms with E-state index in [0.29, 0.717) is 45.8 Å². The van der Waals surface area contributed by atoms with E-state index >= 15 is 0 Å². The lowest BCUT2D eigenvalue weighted by molar-refractivity contribution is -0.135. The molecule has 6 heteroatoms. The minimum Gasteiger partial charge on any atom is -0.494 e. The van der Waals surface area contributed by atoms with Gasteiger partial charge in [-0.25, -0.2) is 0 Å². The molecule has 0 spiro atoms. The van der Waals surface area contributed by atoms with E-state index in [4.69, 9.17) is 15.2 Å². The number of carbonyl (C=O) groups is 1. The van der Waals surface area contributed by atoms with Crippen LogP contribution < -0.4 is 15.8 Å². The predicted octanol–water partition coefficient (Wildman–Crippen LogP) is 1.75. The number of carbonyl (C=O) groups excluding carboxylic acids is 1. The van der Waals surface area contributed by atoms with Gasteiger partial charge in [-0.05, 0) is 31.4 Å². The first-order valence-corrected chi connectivity index (χ1v) is 7.51. The molecular weight excluding hydrogens is 304 g/mol. The van der Waals surface area contributed by atoms with Crippen LogP contribution in [0.4, 0.5) is 0 Å². The maximum Gasteiger partial charge on any atom is 0.227 e. The molecule has 0 atom stereocenters. The van der Waals surface area contributed by atoms with Gasteiger partial charge in [-0.1, -0.05) is 18.2 Å². The normalized spacial score (nSPS) is 16.4. The molecule has 1 saturated heterocycles. The Kier molecular flexibility index (Phi) is 8.24. The SMILES string of the molecule is Cl.NCC1(C(=O)NCCCOc2ccccc2)CCOCC1. The highest BCUT2D eigenvalue weighted by molar-refractivity contribution is 5.85. The molecule has 0 aromatic heterocycles. The summed E-state index contributed by atoms with van der Waals surface area (Å²) in [5, 5.41) is 2.98. The van der Waals surface area contributed by atoms with Crippen molar-refractivity contribution >= 4 is 18.3 Å². The van der Waals surface area contributed by atoms with Crippen LogP contribution in [0.3, 0.4) is 0 Å². The lowest BCUT2D eigenvalue weighted by atomic mass is 9.79. The first-order chi connectivity index (χ1) is 10.3. The summed E-state index contributed by atoms with van der Waals surface area (Å²) >= 11 is 0. The highest BCUT2D eigenvalue weighted by Gasteiger charge is 2.38. The first-order valence-electron chi connectivity index (χ1n) is 7.51. The molecule has 1 aromatic rings. The topological polar surface area (TPSA) is 73.6 Å². The molecule has 0 aliphatic carbocycles. The summed E-state index contributed by atoms with van der Waals surface area (Å²) in [7, 11) is 0. The van der Waals surface area contributed by atoms with E-state index < -0.39 is 5.41 Å². The standard InChI is InChI=1S/C16H24N2O3.ClH/c17-13-16(7-11-20-12-8-16)15(19)18-9-4-10-21-14-5-2-1-3-6-14;/h1-3,5-6H,4,7-13,17H2,(H,18,19);1H. The summed E-state index contributed by atoms with van der Waals surface area (Å²) in [6, 6.07) is 9.67. The van der Waals surface area contributed by atoms with Crippen LogP contribution in [-0.2, 0) is 9.53 Å². The van der Waals surface area contributed by atoms with Gasteiger partial charge in [-0.15, -0.1) is 12.4 Å². The van der Waals surface area contributed by atoms with Gasteiger partial charge in [0.2, 0.25) is 5.91 Å². The number of rotatable bonds is 7. The van der Waals surface area contributed by atoms with E-state index in [9.17, 15) is 4.79 Å². The second-order valence-electron chi connectivity index (χ2n) is 5.37. The lowest BCUT2D eigenvalue weighted by Crippen LogP contribution is -2.49. The average molecular weight is 329 g/mol. The molecule has 1 fully saturated rings. The number of benzene rings is 1. The molecule has 0 bridgehead atoms. The Morgan fingerprint density at radius 3 is 2.59 bits per heavy atom. The minimum absolute atomic E-state index is 0. The van der Waals surface area contributed by atoms with Gasteiger partial charge in [0.15, 0.2) is 0 Å². The lowest BCUT2D eigenvalue weighted by Gasteiger charge is -2.34. The minimum atomic E-state index is -0.446. The van der Waals surface area contributed by atoms with Crippen molar-refractivity contribution in [3.05, 3.63) is 30.3 Å². The van der Waals surface area contributed by atoms with Gasteiger partial charge in [0.25, 0.3) is 0 Å². The van der Waals surface area contributed by atoms with Crippen molar-refractivity contribution in [2.24, 2.45) is 11.1 Å². The van der Waals surface area contributed by atoms with Gasteiger partial charge >= 0.3 is 0 Å². The quantitative estimate of drug-likeness (QED) is 0.748. The summed E-state index contributed by atoms with van der Waals surface area (Å²) in [6.45, 7) is 2.80. The van der Waals surface area contributed by atoms with Gasteiger partial charge in [0.1, 0.15) is 5.75 Å². The second kappa shape index (κ2) is 9.66. The van der Waals surface area contributed by atoms with Crippen molar-refractivity contribution in [1.82, 2.24) is 5.32 Å². The smallest absolute Gasteiger partial charge is 0.227 e. The van der Waals surface area contributed by atoms with E-state index in [1.165, 1.54) is 0 Å². The van der Waals surface area contributed by atoms with Gasteiger partial charge < -0.3 is 20.5 Å². The van der Waals surface area contributed by atoms with E-state index in [-0.39, 0.29) is 18.3 Å². The average Bonchev–Trinajstić information content (AvgIpc) is 2.56. The molecule has 2 rings (SSSR count). The highest BCUT2D eigenvalue weighted by Crippen LogP contribution is 2.29. The molecule has 124 valence electrons. The summed E-state index contributed by atoms with van der Waals surface area (Å²) in [5.74, 6) is 0.902. The summed E-state index contributed by atoms with van der Waals surface area (Å²) in [4.78, 5) is 12.3. The molecule has 1 aliphatic rings. The first kappa shape index (κ1) is 18.7. The molecule has 0 unspecified atom stereocenters. The third-order valence-electron chi connectivity index (χ3n) is 3.94. The largest absolute Gasteiger partial charge is 0.494 e. The zero-order valence-corrected chi connectivity index (χ0v) is 13.6. The Morgan fingerprint density at radius 1 is 1.27 bits per heavy atom. The van der Waals surface area contributed by atoms with Crippen LogP contribution in [0, 0.1) is 5.41 Å². The van der Waals surface area contributed by atoms with Crippen LogP contribution in [0.2, 0.25) is 0 Å². The summed E-state index contributed by atoms with van der Waals surface area (Å²) in [6.07, 6.45) is 2.18. The van der Waals surface area contributed by atoms with Gasteiger partial charge in [0.05, 0.1) is 12.0 Å². The molecule has 22 heavy (non-hydrogen) atoms. The highest BCUT2D eigenvalue weighted by atomic mass is 35.5. The van der Waals surface area contributed by atoms with Crippen LogP contribution in [-0.4, -0.2) is 38.8 Å². The van der Waals surface area contributed by atoms with E-state index in [1.807, 2.05) is 30.3 Å². The van der Waals surface area contributed by atoms with Gasteiger partial charge in [0, 0.05) is 26.3 Å². The molecule has 3 N–H and O–H groups in total. The third kappa shape index (κ3) is 5.16. The predicted molar refractivity (Wildman–Crippen MR) is 88.4 cm³/mol. The van der Waals surface area contributed by atoms with Crippen LogP contribution in [0.15, 0.2) is 30.3 Å². The fourth-order valence-electron chi connectivity index (χ4n) is 2.45. The maximum absolute atomic E-state index is 12.3. The van der Waals surface area contributed by atoms with E-state index in [0.717, 1.165) is 12.2 Å². The van der Waals surface area contributed by atoms with Gasteiger partial charge in [-0.3, -0.25) is 4.79 Å². The van der Waals surface area contributed by atoms with Crippen molar-refractivity contribution in [2.75, 3.05) is 32.9 Å². The summed E-state index contributed by atoms with van der Waals surface area (Å²) < 4.78 is 10.9. The monoisotopic (exact) mass is 328 g/mol. The van der Waals surface area contributed by atoms with Crippen LogP contribution >= 0.6 is 12.4 Å². The fourth-order valence-corrected chi connectivity index (χ4v) is 2.45. The Bertz CT molecular complexity index is 436. The van der Waals surface area contributed by atoms with Crippen molar-refractivity contribution in [1.29, 1.82) is 0 Å². The fraction of sp³-hybridized carbons (Fsp3) is 0.562. The van der Waals surface area contributed by atoms with E-state index in [2.05, 4.69) is 5.32 Å². The molecule has 1 aromatic carbocycles. The number of amides is 1. The number of nitrogens with two attached hydrogens (primary N) is 1. The Morgan fingerprint density at radius 2 is 1.95 bits per heavy atom. The molecule has 1 amide bonds. The van der Waals surface area contributed by atoms with Crippen molar-refractivity contribution < 1.29 is 14.3 Å². The maximum atomic E-state index is 12.3. The molecular formula is C16H25ClN2O3. The Hall–Kier alpha value is -1.30. The van der Waals surface area contributed by atoms with Crippen molar-refractivity contribution in [3.8, 4) is 5.75 Å². The van der Waals surface area contributed by atoms with Crippen LogP contribution in [0.25, 0.3) is 0 Å². The zero-order valence-electron chi connectivity index (χ0n) is 12.8. The number of para-hydroxylation sites is 1. The summed E-state index contributed by atoms with van der Waals surface area (Å²) in [5.41, 5.74) is 5.36. The molecule has 1 heterocycles. The van der Waals surface area contributed by atoms with E-state index in [1.54, 1.807) is 0 Å². The second-order valence-corrected chi connectivity index (χ2v) is 5.37. The third-order valence-corrected chi connectivity index (χ3v) is 3.94. The molecule has 5 nitrogen and oxygen atoms in total. The van der Waals surface area contributed by atoms with Crippen molar-refractivity contribution in [3.63, 3.8) is 0 Å². The number of halogens is 1. The molecule has 1 aliphatic heterocycles. The molecule has 0 radical (unpaired) electrons. The Balaban J connectivity index is 0.00000242.